The normalized spacial score (nSPS) is 15.9. The molecule has 1 aromatic rings. The minimum atomic E-state index is 0.217. The summed E-state index contributed by atoms with van der Waals surface area (Å²) in [6, 6.07) is 6.48. The maximum atomic E-state index is 3.64. The Labute approximate surface area is 94.2 Å². The van der Waals surface area contributed by atoms with Gasteiger partial charge in [-0.15, -0.1) is 0 Å². The summed E-state index contributed by atoms with van der Waals surface area (Å²) in [7, 11) is 0. The van der Waals surface area contributed by atoms with Crippen LogP contribution in [0.4, 0.5) is 5.69 Å². The maximum Gasteiger partial charge on any atom is 0.0548 e. The second-order valence-corrected chi connectivity index (χ2v) is 5.67. The molecule has 1 heterocycles. The third-order valence-electron chi connectivity index (χ3n) is 2.75. The Balaban J connectivity index is 2.48. The number of hydrogen-bond acceptors (Lipinski definition) is 1. The molecule has 14 heavy (non-hydrogen) atoms. The number of anilines is 1. The minimum absolute atomic E-state index is 0.217. The fraction of sp³-hybridized carbons (Fsp3) is 0.500. The van der Waals surface area contributed by atoms with E-state index >= 15 is 0 Å². The standard InChI is InChI=1S/C12H16BrN/c1-12(2,3)14-8-7-9-5-4-6-10(13)11(9)14/h4-6H,7-8H2,1-3H3. The lowest BCUT2D eigenvalue weighted by Crippen LogP contribution is -2.40. The predicted molar refractivity (Wildman–Crippen MR) is 64.9 cm³/mol. The fourth-order valence-electron chi connectivity index (χ4n) is 2.08. The van der Waals surface area contributed by atoms with Crippen LogP contribution >= 0.6 is 15.9 Å². The molecule has 0 atom stereocenters. The summed E-state index contributed by atoms with van der Waals surface area (Å²) >= 11 is 3.64. The molecule has 0 aliphatic carbocycles. The molecule has 0 radical (unpaired) electrons. The Bertz CT molecular complexity index is 352. The zero-order valence-electron chi connectivity index (χ0n) is 8.97. The van der Waals surface area contributed by atoms with E-state index in [9.17, 15) is 0 Å². The summed E-state index contributed by atoms with van der Waals surface area (Å²) in [6.45, 7) is 7.94. The van der Waals surface area contributed by atoms with E-state index in [0.29, 0.717) is 0 Å². The second-order valence-electron chi connectivity index (χ2n) is 4.82. The lowest BCUT2D eigenvalue weighted by molar-refractivity contribution is 0.517. The molecule has 0 fully saturated rings. The van der Waals surface area contributed by atoms with Gasteiger partial charge in [-0.05, 0) is 54.8 Å². The van der Waals surface area contributed by atoms with Gasteiger partial charge in [0.15, 0.2) is 0 Å². The van der Waals surface area contributed by atoms with Gasteiger partial charge in [0.25, 0.3) is 0 Å². The van der Waals surface area contributed by atoms with Crippen LogP contribution in [-0.2, 0) is 6.42 Å². The van der Waals surface area contributed by atoms with Crippen molar-refractivity contribution in [3.63, 3.8) is 0 Å². The number of para-hydroxylation sites is 1. The number of benzene rings is 1. The number of hydrogen-bond donors (Lipinski definition) is 0. The van der Waals surface area contributed by atoms with E-state index in [4.69, 9.17) is 0 Å². The Hall–Kier alpha value is -0.500. The third-order valence-corrected chi connectivity index (χ3v) is 3.39. The zero-order chi connectivity index (χ0) is 10.3. The molecule has 1 aliphatic rings. The number of halogens is 1. The first kappa shape index (κ1) is 10.0. The molecule has 0 saturated heterocycles. The van der Waals surface area contributed by atoms with Crippen LogP contribution in [0.25, 0.3) is 0 Å². The average molecular weight is 254 g/mol. The highest BCUT2D eigenvalue weighted by Gasteiger charge is 2.29. The van der Waals surface area contributed by atoms with Crippen molar-refractivity contribution in [2.45, 2.75) is 32.7 Å². The molecule has 1 nitrogen and oxygen atoms in total. The smallest absolute Gasteiger partial charge is 0.0548 e. The maximum absolute atomic E-state index is 3.64. The summed E-state index contributed by atoms with van der Waals surface area (Å²) in [4.78, 5) is 2.48. The Morgan fingerprint density at radius 2 is 2.00 bits per heavy atom. The van der Waals surface area contributed by atoms with Crippen LogP contribution in [0.3, 0.4) is 0 Å². The molecule has 0 amide bonds. The molecule has 0 saturated carbocycles. The molecule has 0 aromatic heterocycles. The summed E-state index contributed by atoms with van der Waals surface area (Å²) in [6.07, 6.45) is 1.17. The zero-order valence-corrected chi connectivity index (χ0v) is 10.6. The molecule has 1 aromatic carbocycles. The van der Waals surface area contributed by atoms with Crippen molar-refractivity contribution in [3.8, 4) is 0 Å². The van der Waals surface area contributed by atoms with Gasteiger partial charge in [0.2, 0.25) is 0 Å². The van der Waals surface area contributed by atoms with Crippen molar-refractivity contribution in [2.24, 2.45) is 0 Å². The van der Waals surface area contributed by atoms with Gasteiger partial charge < -0.3 is 4.90 Å². The summed E-state index contributed by atoms with van der Waals surface area (Å²) in [5.41, 5.74) is 3.07. The van der Waals surface area contributed by atoms with Crippen molar-refractivity contribution in [3.05, 3.63) is 28.2 Å². The monoisotopic (exact) mass is 253 g/mol. The molecular weight excluding hydrogens is 238 g/mol. The molecule has 2 rings (SSSR count). The summed E-state index contributed by atoms with van der Waals surface area (Å²) in [5.74, 6) is 0. The lowest BCUT2D eigenvalue weighted by Gasteiger charge is -2.35. The number of fused-ring (bicyclic) bond motifs is 1. The summed E-state index contributed by atoms with van der Waals surface area (Å²) in [5, 5.41) is 0. The fourth-order valence-corrected chi connectivity index (χ4v) is 2.70. The van der Waals surface area contributed by atoms with Crippen molar-refractivity contribution in [1.29, 1.82) is 0 Å². The highest BCUT2D eigenvalue weighted by molar-refractivity contribution is 9.10. The van der Waals surface area contributed by atoms with E-state index in [1.165, 1.54) is 22.1 Å². The Morgan fingerprint density at radius 1 is 1.29 bits per heavy atom. The van der Waals surface area contributed by atoms with E-state index in [2.05, 4.69) is 59.8 Å². The van der Waals surface area contributed by atoms with Gasteiger partial charge in [-0.1, -0.05) is 12.1 Å². The molecule has 2 heteroatoms. The highest BCUT2D eigenvalue weighted by Crippen LogP contribution is 2.38. The van der Waals surface area contributed by atoms with Gasteiger partial charge in [0.05, 0.1) is 5.69 Å². The number of nitrogens with zero attached hydrogens (tertiary/aromatic N) is 1. The molecular formula is C12H16BrN. The largest absolute Gasteiger partial charge is 0.365 e. The molecule has 0 spiro atoms. The van der Waals surface area contributed by atoms with Crippen molar-refractivity contribution in [2.75, 3.05) is 11.4 Å². The first-order valence-electron chi connectivity index (χ1n) is 5.05. The van der Waals surface area contributed by atoms with Gasteiger partial charge in [-0.3, -0.25) is 0 Å². The van der Waals surface area contributed by atoms with E-state index in [1.54, 1.807) is 0 Å². The SMILES string of the molecule is CC(C)(C)N1CCc2cccc(Br)c21. The van der Waals surface area contributed by atoms with E-state index in [1.807, 2.05) is 0 Å². The number of rotatable bonds is 0. The van der Waals surface area contributed by atoms with Gasteiger partial charge in [0, 0.05) is 16.6 Å². The summed E-state index contributed by atoms with van der Waals surface area (Å²) < 4.78 is 1.22. The molecule has 0 unspecified atom stereocenters. The first-order chi connectivity index (χ1) is 6.50. The average Bonchev–Trinajstić information content (AvgIpc) is 2.47. The van der Waals surface area contributed by atoms with Crippen LogP contribution < -0.4 is 4.90 Å². The van der Waals surface area contributed by atoms with Gasteiger partial charge in [0.1, 0.15) is 0 Å². The molecule has 76 valence electrons. The first-order valence-corrected chi connectivity index (χ1v) is 5.84. The van der Waals surface area contributed by atoms with E-state index in [0.717, 1.165) is 6.54 Å². The topological polar surface area (TPSA) is 3.24 Å². The predicted octanol–water partition coefficient (Wildman–Crippen LogP) is 3.61. The Kier molecular flexibility index (Phi) is 2.34. The van der Waals surface area contributed by atoms with Crippen LogP contribution in [-0.4, -0.2) is 12.1 Å². The highest BCUT2D eigenvalue weighted by atomic mass is 79.9. The van der Waals surface area contributed by atoms with Crippen LogP contribution in [0.2, 0.25) is 0 Å². The van der Waals surface area contributed by atoms with E-state index < -0.39 is 0 Å². The molecule has 1 aliphatic heterocycles. The van der Waals surface area contributed by atoms with Crippen LogP contribution in [0.1, 0.15) is 26.3 Å². The van der Waals surface area contributed by atoms with Crippen molar-refractivity contribution < 1.29 is 0 Å². The minimum Gasteiger partial charge on any atom is -0.365 e. The Morgan fingerprint density at radius 3 is 2.64 bits per heavy atom. The molecule has 0 bridgehead atoms. The van der Waals surface area contributed by atoms with Crippen LogP contribution in [0.15, 0.2) is 22.7 Å². The van der Waals surface area contributed by atoms with Gasteiger partial charge >= 0.3 is 0 Å². The quantitative estimate of drug-likeness (QED) is 0.683. The van der Waals surface area contributed by atoms with Crippen LogP contribution in [0.5, 0.6) is 0 Å². The second kappa shape index (κ2) is 3.27. The van der Waals surface area contributed by atoms with Gasteiger partial charge in [-0.2, -0.15) is 0 Å². The lowest BCUT2D eigenvalue weighted by atomic mass is 10.1. The van der Waals surface area contributed by atoms with Crippen molar-refractivity contribution >= 4 is 21.6 Å². The van der Waals surface area contributed by atoms with Crippen LogP contribution in [0, 0.1) is 0 Å². The van der Waals surface area contributed by atoms with Gasteiger partial charge in [-0.25, -0.2) is 0 Å². The van der Waals surface area contributed by atoms with Crippen molar-refractivity contribution in [1.82, 2.24) is 0 Å². The molecule has 0 N–H and O–H groups in total. The van der Waals surface area contributed by atoms with E-state index in [-0.39, 0.29) is 5.54 Å². The third kappa shape index (κ3) is 1.56.